The van der Waals surface area contributed by atoms with Crippen LogP contribution in [0.15, 0.2) is 53.2 Å². The van der Waals surface area contributed by atoms with Crippen molar-refractivity contribution in [1.29, 1.82) is 5.26 Å². The van der Waals surface area contributed by atoms with Crippen molar-refractivity contribution in [3.63, 3.8) is 0 Å². The highest BCUT2D eigenvalue weighted by molar-refractivity contribution is 7.98. The van der Waals surface area contributed by atoms with Crippen LogP contribution >= 0.6 is 23.3 Å². The summed E-state index contributed by atoms with van der Waals surface area (Å²) in [6, 6.07) is 12.9. The number of amides is 1. The van der Waals surface area contributed by atoms with Gasteiger partial charge in [0.05, 0.1) is 7.11 Å². The van der Waals surface area contributed by atoms with Crippen LogP contribution in [0.25, 0.3) is 6.08 Å². The first-order valence-corrected chi connectivity index (χ1v) is 10.9. The summed E-state index contributed by atoms with van der Waals surface area (Å²) in [5, 5.41) is 12.8. The van der Waals surface area contributed by atoms with Gasteiger partial charge in [-0.15, -0.1) is 0 Å². The number of hydrogen-bond donors (Lipinski definition) is 1. The van der Waals surface area contributed by atoms with Crippen molar-refractivity contribution in [1.82, 2.24) is 9.36 Å². The Balaban J connectivity index is 1.73. The Labute approximate surface area is 186 Å². The van der Waals surface area contributed by atoms with Crippen LogP contribution in [0, 0.1) is 17.1 Å². The molecule has 1 amide bonds. The maximum atomic E-state index is 13.0. The number of halogens is 1. The Morgan fingerprint density at radius 3 is 2.71 bits per heavy atom. The van der Waals surface area contributed by atoms with Gasteiger partial charge in [-0.05, 0) is 47.7 Å². The van der Waals surface area contributed by atoms with Gasteiger partial charge in [-0.3, -0.25) is 10.1 Å². The number of anilines is 1. The standard InChI is InChI=1S/C21H17FN4O3S2/c1-28-18-10-14(5-8-17(18)29-12-13-3-6-16(22)7-4-13)9-15(11-23)19(27)24-20-25-21(30-2)26-31-20/h3-10H,12H2,1-2H3,(H,24,25,26,27). The van der Waals surface area contributed by atoms with E-state index in [-0.39, 0.29) is 18.0 Å². The lowest BCUT2D eigenvalue weighted by molar-refractivity contribution is -0.112. The fourth-order valence-electron chi connectivity index (χ4n) is 2.46. The molecule has 3 aromatic rings. The maximum absolute atomic E-state index is 13.0. The lowest BCUT2D eigenvalue weighted by Gasteiger charge is -2.11. The van der Waals surface area contributed by atoms with Gasteiger partial charge in [0.25, 0.3) is 5.91 Å². The van der Waals surface area contributed by atoms with Gasteiger partial charge in [-0.1, -0.05) is 30.0 Å². The second-order valence-corrected chi connectivity index (χ2v) is 7.56. The van der Waals surface area contributed by atoms with Crippen LogP contribution in [-0.4, -0.2) is 28.6 Å². The van der Waals surface area contributed by atoms with Gasteiger partial charge in [0.1, 0.15) is 24.1 Å². The lowest BCUT2D eigenvalue weighted by Crippen LogP contribution is -2.13. The topological polar surface area (TPSA) is 97.1 Å². The molecular formula is C21H17FN4O3S2. The van der Waals surface area contributed by atoms with E-state index in [1.807, 2.05) is 12.3 Å². The molecule has 0 saturated carbocycles. The number of carbonyl (C=O) groups excluding carboxylic acids is 1. The highest BCUT2D eigenvalue weighted by Crippen LogP contribution is 2.30. The molecule has 0 radical (unpaired) electrons. The lowest BCUT2D eigenvalue weighted by atomic mass is 10.1. The molecule has 0 aliphatic rings. The minimum atomic E-state index is -0.582. The van der Waals surface area contributed by atoms with Crippen molar-refractivity contribution in [2.75, 3.05) is 18.7 Å². The smallest absolute Gasteiger partial charge is 0.268 e. The summed E-state index contributed by atoms with van der Waals surface area (Å²) in [5.41, 5.74) is 1.29. The number of carbonyl (C=O) groups is 1. The molecule has 158 valence electrons. The molecule has 2 aromatic carbocycles. The molecule has 0 aliphatic heterocycles. The zero-order chi connectivity index (χ0) is 22.2. The molecule has 0 saturated heterocycles. The molecule has 1 N–H and O–H groups in total. The molecule has 0 unspecified atom stereocenters. The van der Waals surface area contributed by atoms with Crippen LogP contribution in [0.5, 0.6) is 11.5 Å². The Bertz CT molecular complexity index is 1140. The van der Waals surface area contributed by atoms with E-state index in [1.165, 1.54) is 37.1 Å². The molecule has 0 fully saturated rings. The molecule has 0 bridgehead atoms. The van der Waals surface area contributed by atoms with Crippen LogP contribution in [-0.2, 0) is 11.4 Å². The Morgan fingerprint density at radius 1 is 1.29 bits per heavy atom. The number of ether oxygens (including phenoxy) is 2. The van der Waals surface area contributed by atoms with Crippen LogP contribution in [0.3, 0.4) is 0 Å². The fourth-order valence-corrected chi connectivity index (χ4v) is 3.58. The molecule has 7 nitrogen and oxygen atoms in total. The predicted molar refractivity (Wildman–Crippen MR) is 118 cm³/mol. The summed E-state index contributed by atoms with van der Waals surface area (Å²) in [7, 11) is 1.49. The van der Waals surface area contributed by atoms with Gasteiger partial charge < -0.3 is 9.47 Å². The van der Waals surface area contributed by atoms with Gasteiger partial charge in [-0.25, -0.2) is 4.39 Å². The van der Waals surface area contributed by atoms with Gasteiger partial charge in [0.15, 0.2) is 11.5 Å². The van der Waals surface area contributed by atoms with Crippen molar-refractivity contribution in [2.24, 2.45) is 0 Å². The number of thioether (sulfide) groups is 1. The Morgan fingerprint density at radius 2 is 2.06 bits per heavy atom. The fraction of sp³-hybridized carbons (Fsp3) is 0.143. The van der Waals surface area contributed by atoms with E-state index in [1.54, 1.807) is 30.3 Å². The molecule has 0 spiro atoms. The van der Waals surface area contributed by atoms with E-state index < -0.39 is 5.91 Å². The summed E-state index contributed by atoms with van der Waals surface area (Å²) < 4.78 is 28.2. The number of nitrogens with zero attached hydrogens (tertiary/aromatic N) is 3. The molecule has 1 aromatic heterocycles. The van der Waals surface area contributed by atoms with Crippen molar-refractivity contribution >= 4 is 40.4 Å². The second kappa shape index (κ2) is 10.6. The Kier molecular flexibility index (Phi) is 7.59. The monoisotopic (exact) mass is 456 g/mol. The highest BCUT2D eigenvalue weighted by atomic mass is 32.2. The molecule has 10 heteroatoms. The van der Waals surface area contributed by atoms with Gasteiger partial charge in [0.2, 0.25) is 10.3 Å². The van der Waals surface area contributed by atoms with Crippen molar-refractivity contribution in [3.8, 4) is 17.6 Å². The van der Waals surface area contributed by atoms with E-state index in [0.717, 1.165) is 17.1 Å². The number of nitriles is 1. The summed E-state index contributed by atoms with van der Waals surface area (Å²) >= 11 is 2.40. The average Bonchev–Trinajstić information content (AvgIpc) is 3.24. The second-order valence-electron chi connectivity index (χ2n) is 6.04. The largest absolute Gasteiger partial charge is 0.493 e. The highest BCUT2D eigenvalue weighted by Gasteiger charge is 2.13. The van der Waals surface area contributed by atoms with E-state index in [0.29, 0.717) is 27.4 Å². The third-order valence-corrected chi connectivity index (χ3v) is 5.28. The summed E-state index contributed by atoms with van der Waals surface area (Å²) in [6.07, 6.45) is 3.27. The van der Waals surface area contributed by atoms with Crippen LogP contribution < -0.4 is 14.8 Å². The SMILES string of the molecule is COc1cc(C=C(C#N)C(=O)Nc2nc(SC)ns2)ccc1OCc1ccc(F)cc1. The Hall–Kier alpha value is -3.42. The van der Waals surface area contributed by atoms with Crippen LogP contribution in [0.1, 0.15) is 11.1 Å². The summed E-state index contributed by atoms with van der Waals surface area (Å²) in [4.78, 5) is 16.5. The number of nitrogens with one attached hydrogen (secondary N) is 1. The normalized spacial score (nSPS) is 11.0. The molecular weight excluding hydrogens is 439 g/mol. The molecule has 0 aliphatic carbocycles. The number of hydrogen-bond acceptors (Lipinski definition) is 8. The third kappa shape index (κ3) is 6.04. The zero-order valence-corrected chi connectivity index (χ0v) is 18.2. The van der Waals surface area contributed by atoms with Crippen molar-refractivity contribution < 1.29 is 18.7 Å². The maximum Gasteiger partial charge on any atom is 0.268 e. The van der Waals surface area contributed by atoms with Crippen molar-refractivity contribution in [2.45, 2.75) is 11.8 Å². The first-order valence-electron chi connectivity index (χ1n) is 8.88. The summed E-state index contributed by atoms with van der Waals surface area (Å²) in [5.74, 6) is 0.0141. The third-order valence-electron chi connectivity index (χ3n) is 3.98. The van der Waals surface area contributed by atoms with E-state index in [4.69, 9.17) is 9.47 Å². The van der Waals surface area contributed by atoms with Gasteiger partial charge in [-0.2, -0.15) is 14.6 Å². The predicted octanol–water partition coefficient (Wildman–Crippen LogP) is 4.53. The molecule has 1 heterocycles. The van der Waals surface area contributed by atoms with Gasteiger partial charge >= 0.3 is 0 Å². The van der Waals surface area contributed by atoms with E-state index in [2.05, 4.69) is 14.7 Å². The zero-order valence-electron chi connectivity index (χ0n) is 16.6. The van der Waals surface area contributed by atoms with E-state index in [9.17, 15) is 14.4 Å². The number of methoxy groups -OCH3 is 1. The first-order chi connectivity index (χ1) is 15.0. The quantitative estimate of drug-likeness (QED) is 0.302. The molecule has 31 heavy (non-hydrogen) atoms. The summed E-state index contributed by atoms with van der Waals surface area (Å²) in [6.45, 7) is 0.234. The minimum Gasteiger partial charge on any atom is -0.493 e. The van der Waals surface area contributed by atoms with Crippen LogP contribution in [0.2, 0.25) is 0 Å². The minimum absolute atomic E-state index is 0.0945. The average molecular weight is 457 g/mol. The van der Waals surface area contributed by atoms with E-state index >= 15 is 0 Å². The first kappa shape index (κ1) is 22.3. The van der Waals surface area contributed by atoms with Crippen molar-refractivity contribution in [3.05, 3.63) is 65.0 Å². The molecule has 0 atom stereocenters. The van der Waals surface area contributed by atoms with Crippen LogP contribution in [0.4, 0.5) is 9.52 Å². The number of benzene rings is 2. The number of rotatable bonds is 8. The number of aromatic nitrogens is 2. The molecule has 3 rings (SSSR count). The van der Waals surface area contributed by atoms with Gasteiger partial charge in [0, 0.05) is 11.5 Å².